The highest BCUT2D eigenvalue weighted by Gasteiger charge is 2.07. The summed E-state index contributed by atoms with van der Waals surface area (Å²) in [4.78, 5) is 4.57. The summed E-state index contributed by atoms with van der Waals surface area (Å²) in [5.41, 5.74) is 3.46. The molecule has 29 heavy (non-hydrogen) atoms. The molecule has 1 aromatic heterocycles. The quantitative estimate of drug-likeness (QED) is 0.401. The van der Waals surface area contributed by atoms with Crippen molar-refractivity contribution >= 4 is 39.7 Å². The number of thiocarbonyl (C=S) groups is 1. The number of fused-ring (bicyclic) bond motifs is 1. The molecule has 6 nitrogen and oxygen atoms in total. The van der Waals surface area contributed by atoms with Crippen molar-refractivity contribution in [3.8, 4) is 11.8 Å². The number of nitrogens with zero attached hydrogens (tertiary/aromatic N) is 2. The fraction of sp³-hybridized carbons (Fsp3) is 0.227. The third-order valence-corrected chi connectivity index (χ3v) is 4.71. The summed E-state index contributed by atoms with van der Waals surface area (Å²) < 4.78 is 5.23. The van der Waals surface area contributed by atoms with E-state index in [1.54, 1.807) is 7.11 Å². The zero-order valence-electron chi connectivity index (χ0n) is 16.5. The first kappa shape index (κ1) is 20.4. The Balaban J connectivity index is 1.51. The monoisotopic (exact) mass is 405 g/mol. The van der Waals surface area contributed by atoms with Gasteiger partial charge in [-0.25, -0.2) is 4.98 Å². The lowest BCUT2D eigenvalue weighted by atomic mass is 10.1. The number of nitrogens with one attached hydrogen (secondary N) is 3. The van der Waals surface area contributed by atoms with Crippen molar-refractivity contribution in [2.24, 2.45) is 0 Å². The second-order valence-corrected chi connectivity index (χ2v) is 6.94. The Labute approximate surface area is 175 Å². The molecule has 0 atom stereocenters. The van der Waals surface area contributed by atoms with Crippen LogP contribution in [0, 0.1) is 18.3 Å². The molecule has 0 aliphatic rings. The number of rotatable bonds is 7. The van der Waals surface area contributed by atoms with Gasteiger partial charge in [0.15, 0.2) is 5.11 Å². The smallest absolute Gasteiger partial charge is 0.170 e. The van der Waals surface area contributed by atoms with Gasteiger partial charge in [-0.2, -0.15) is 5.26 Å². The predicted octanol–water partition coefficient (Wildman–Crippen LogP) is 4.21. The van der Waals surface area contributed by atoms with Gasteiger partial charge in [-0.1, -0.05) is 18.2 Å². The van der Waals surface area contributed by atoms with Crippen LogP contribution in [0.2, 0.25) is 0 Å². The zero-order chi connectivity index (χ0) is 20.6. The number of aromatic nitrogens is 1. The molecule has 3 rings (SSSR count). The van der Waals surface area contributed by atoms with Crippen molar-refractivity contribution in [1.82, 2.24) is 10.3 Å². The highest BCUT2D eigenvalue weighted by molar-refractivity contribution is 7.80. The number of hydrogen-bond donors (Lipinski definition) is 3. The molecule has 0 fully saturated rings. The molecule has 3 N–H and O–H groups in total. The van der Waals surface area contributed by atoms with Crippen molar-refractivity contribution in [2.75, 3.05) is 30.8 Å². The fourth-order valence-electron chi connectivity index (χ4n) is 2.88. The summed E-state index contributed by atoms with van der Waals surface area (Å²) in [5, 5.41) is 20.6. The van der Waals surface area contributed by atoms with Gasteiger partial charge in [0.05, 0.1) is 18.2 Å². The van der Waals surface area contributed by atoms with Gasteiger partial charge in [-0.3, -0.25) is 0 Å². The average molecular weight is 406 g/mol. The van der Waals surface area contributed by atoms with E-state index in [2.05, 4.69) is 27.0 Å². The molecule has 3 aromatic rings. The summed E-state index contributed by atoms with van der Waals surface area (Å²) in [6.45, 7) is 3.41. The number of methoxy groups -OCH3 is 1. The molecule has 0 spiro atoms. The van der Waals surface area contributed by atoms with Gasteiger partial charge in [-0.15, -0.1) is 0 Å². The molecule has 2 aromatic carbocycles. The number of hydrogen-bond acceptors (Lipinski definition) is 5. The second-order valence-electron chi connectivity index (χ2n) is 6.53. The summed E-state index contributed by atoms with van der Waals surface area (Å²) in [6, 6.07) is 17.7. The van der Waals surface area contributed by atoms with Crippen LogP contribution in [0.15, 0.2) is 48.5 Å². The first-order chi connectivity index (χ1) is 14.1. The number of nitriles is 1. The molecule has 0 aliphatic carbocycles. The van der Waals surface area contributed by atoms with Gasteiger partial charge < -0.3 is 20.7 Å². The van der Waals surface area contributed by atoms with E-state index >= 15 is 0 Å². The molecular weight excluding hydrogens is 382 g/mol. The number of ether oxygens (including phenoxy) is 1. The van der Waals surface area contributed by atoms with Crippen LogP contribution in [-0.4, -0.2) is 30.3 Å². The van der Waals surface area contributed by atoms with Crippen molar-refractivity contribution in [3.63, 3.8) is 0 Å². The highest BCUT2D eigenvalue weighted by Crippen LogP contribution is 2.24. The second kappa shape index (κ2) is 9.71. The molecule has 0 aliphatic heterocycles. The summed E-state index contributed by atoms with van der Waals surface area (Å²) >= 11 is 5.34. The molecule has 148 valence electrons. The van der Waals surface area contributed by atoms with Crippen LogP contribution in [0.3, 0.4) is 0 Å². The lowest BCUT2D eigenvalue weighted by Gasteiger charge is -2.13. The number of pyridine rings is 1. The van der Waals surface area contributed by atoms with E-state index in [0.717, 1.165) is 34.3 Å². The maximum Gasteiger partial charge on any atom is 0.170 e. The molecule has 1 heterocycles. The lowest BCUT2D eigenvalue weighted by molar-refractivity contribution is 0.415. The van der Waals surface area contributed by atoms with Crippen LogP contribution < -0.4 is 20.7 Å². The number of benzene rings is 2. The highest BCUT2D eigenvalue weighted by atomic mass is 32.1. The Morgan fingerprint density at radius 1 is 1.17 bits per heavy atom. The number of para-hydroxylation sites is 1. The van der Waals surface area contributed by atoms with Gasteiger partial charge >= 0.3 is 0 Å². The number of aryl methyl sites for hydroxylation is 1. The maximum atomic E-state index is 9.44. The minimum absolute atomic E-state index is 0.510. The van der Waals surface area contributed by atoms with E-state index in [1.165, 1.54) is 0 Å². The van der Waals surface area contributed by atoms with Gasteiger partial charge in [0.2, 0.25) is 0 Å². The van der Waals surface area contributed by atoms with Crippen molar-refractivity contribution in [3.05, 3.63) is 59.7 Å². The van der Waals surface area contributed by atoms with Crippen LogP contribution in [0.1, 0.15) is 17.5 Å². The predicted molar refractivity (Wildman–Crippen MR) is 122 cm³/mol. The average Bonchev–Trinajstić information content (AvgIpc) is 2.74. The SMILES string of the molecule is COc1ccc2nc(NCCCNC(=S)Nc3ccccc3C)c(C#N)cc2c1. The molecule has 0 unspecified atom stereocenters. The van der Waals surface area contributed by atoms with Crippen LogP contribution >= 0.6 is 12.2 Å². The van der Waals surface area contributed by atoms with E-state index in [9.17, 15) is 5.26 Å². The van der Waals surface area contributed by atoms with Crippen LogP contribution in [0.4, 0.5) is 11.5 Å². The Morgan fingerprint density at radius 2 is 2.00 bits per heavy atom. The van der Waals surface area contributed by atoms with E-state index in [1.807, 2.05) is 55.5 Å². The summed E-state index contributed by atoms with van der Waals surface area (Å²) in [7, 11) is 1.62. The van der Waals surface area contributed by atoms with Crippen molar-refractivity contribution < 1.29 is 4.74 Å². The fourth-order valence-corrected chi connectivity index (χ4v) is 3.09. The minimum atomic E-state index is 0.510. The molecule has 0 radical (unpaired) electrons. The van der Waals surface area contributed by atoms with Crippen molar-refractivity contribution in [1.29, 1.82) is 5.26 Å². The topological polar surface area (TPSA) is 82.0 Å². The van der Waals surface area contributed by atoms with Crippen LogP contribution in [0.5, 0.6) is 5.75 Å². The molecule has 7 heteroatoms. The van der Waals surface area contributed by atoms with Gasteiger partial charge in [-0.05, 0) is 61.5 Å². The maximum absolute atomic E-state index is 9.44. The Morgan fingerprint density at radius 3 is 2.76 bits per heavy atom. The summed E-state index contributed by atoms with van der Waals surface area (Å²) in [6.07, 6.45) is 0.822. The van der Waals surface area contributed by atoms with Gasteiger partial charge in [0, 0.05) is 24.2 Å². The standard InChI is InChI=1S/C22H23N5OS/c1-15-6-3-4-7-19(15)27-22(29)25-11-5-10-24-21-17(14-23)12-16-13-18(28-2)8-9-20(16)26-21/h3-4,6-9,12-13H,5,10-11H2,1-2H3,(H,24,26)(H2,25,27,29). The third-order valence-electron chi connectivity index (χ3n) is 4.47. The van der Waals surface area contributed by atoms with Crippen LogP contribution in [-0.2, 0) is 0 Å². The van der Waals surface area contributed by atoms with E-state index in [-0.39, 0.29) is 0 Å². The van der Waals surface area contributed by atoms with Crippen molar-refractivity contribution in [2.45, 2.75) is 13.3 Å². The molecule has 0 saturated carbocycles. The molecule has 0 bridgehead atoms. The van der Waals surface area contributed by atoms with Gasteiger partial charge in [0.25, 0.3) is 0 Å². The zero-order valence-corrected chi connectivity index (χ0v) is 17.3. The molecular formula is C22H23N5OS. The van der Waals surface area contributed by atoms with E-state index in [0.29, 0.717) is 29.6 Å². The number of anilines is 2. The largest absolute Gasteiger partial charge is 0.497 e. The van der Waals surface area contributed by atoms with E-state index in [4.69, 9.17) is 17.0 Å². The minimum Gasteiger partial charge on any atom is -0.497 e. The lowest BCUT2D eigenvalue weighted by Crippen LogP contribution is -2.30. The Kier molecular flexibility index (Phi) is 6.82. The Bertz CT molecular complexity index is 1060. The van der Waals surface area contributed by atoms with Crippen LogP contribution in [0.25, 0.3) is 10.9 Å². The van der Waals surface area contributed by atoms with E-state index < -0.39 is 0 Å². The Hall–Kier alpha value is -3.37. The first-order valence-corrected chi connectivity index (χ1v) is 9.75. The normalized spacial score (nSPS) is 10.2. The molecule has 0 amide bonds. The summed E-state index contributed by atoms with van der Waals surface area (Å²) in [5.74, 6) is 1.33. The first-order valence-electron chi connectivity index (χ1n) is 9.34. The van der Waals surface area contributed by atoms with Gasteiger partial charge in [0.1, 0.15) is 17.6 Å². The molecule has 0 saturated heterocycles. The third kappa shape index (κ3) is 5.33.